The van der Waals surface area contributed by atoms with E-state index >= 15 is 0 Å². The number of halogens is 2. The summed E-state index contributed by atoms with van der Waals surface area (Å²) in [7, 11) is 0. The first-order valence-electron chi connectivity index (χ1n) is 3.94. The van der Waals surface area contributed by atoms with Crippen molar-refractivity contribution in [3.05, 3.63) is 11.6 Å². The third-order valence-electron chi connectivity index (χ3n) is 1.82. The third kappa shape index (κ3) is 4.00. The summed E-state index contributed by atoms with van der Waals surface area (Å²) < 4.78 is 0. The minimum Gasteiger partial charge on any atom is -0.312 e. The Bertz CT molecular complexity index is 132. The van der Waals surface area contributed by atoms with Crippen molar-refractivity contribution in [1.82, 2.24) is 5.32 Å². The highest BCUT2D eigenvalue weighted by atomic mass is 35.5. The van der Waals surface area contributed by atoms with Crippen LogP contribution in [0.5, 0.6) is 0 Å². The third-order valence-corrected chi connectivity index (χ3v) is 2.51. The Morgan fingerprint density at radius 2 is 2.27 bits per heavy atom. The van der Waals surface area contributed by atoms with E-state index in [1.165, 1.54) is 18.4 Å². The average molecular weight is 194 g/mol. The molecule has 1 atom stereocenters. The lowest BCUT2D eigenvalue weighted by molar-refractivity contribution is 0.653. The van der Waals surface area contributed by atoms with E-state index in [1.54, 1.807) is 0 Å². The van der Waals surface area contributed by atoms with Gasteiger partial charge in [0.2, 0.25) is 0 Å². The molecule has 1 rings (SSSR count). The largest absolute Gasteiger partial charge is 0.312 e. The molecule has 0 aromatic rings. The van der Waals surface area contributed by atoms with Crippen molar-refractivity contribution in [1.29, 1.82) is 0 Å². The second kappa shape index (κ2) is 5.02. The molecule has 1 aliphatic rings. The van der Waals surface area contributed by atoms with Crippen LogP contribution in [0.1, 0.15) is 12.8 Å². The molecule has 0 aromatic carbocycles. The molecule has 1 nitrogen and oxygen atoms in total. The molecule has 1 saturated carbocycles. The normalized spacial score (nSPS) is 20.9. The zero-order valence-corrected chi connectivity index (χ0v) is 7.91. The molecule has 0 radical (unpaired) electrons. The van der Waals surface area contributed by atoms with Gasteiger partial charge < -0.3 is 5.32 Å². The molecule has 0 aliphatic heterocycles. The summed E-state index contributed by atoms with van der Waals surface area (Å²) in [5, 5.41) is 3.52. The van der Waals surface area contributed by atoms with Crippen LogP contribution in [-0.2, 0) is 0 Å². The van der Waals surface area contributed by atoms with Gasteiger partial charge in [0.25, 0.3) is 0 Å². The number of hydrogen-bond donors (Lipinski definition) is 1. The molecule has 64 valence electrons. The Morgan fingerprint density at radius 1 is 1.55 bits per heavy atom. The zero-order valence-electron chi connectivity index (χ0n) is 6.39. The molecule has 3 heteroatoms. The number of nitrogens with one attached hydrogen (secondary N) is 1. The smallest absolute Gasteiger partial charge is 0.0488 e. The Morgan fingerprint density at radius 3 is 2.82 bits per heavy atom. The molecule has 0 bridgehead atoms. The van der Waals surface area contributed by atoms with Gasteiger partial charge in [-0.3, -0.25) is 0 Å². The SMILES string of the molecule is Cl/C=C/CNCC(Cl)C1CC1. The van der Waals surface area contributed by atoms with Gasteiger partial charge in [-0.25, -0.2) is 0 Å². The first-order chi connectivity index (χ1) is 5.34. The summed E-state index contributed by atoms with van der Waals surface area (Å²) >= 11 is 11.4. The van der Waals surface area contributed by atoms with E-state index in [9.17, 15) is 0 Å². The van der Waals surface area contributed by atoms with E-state index in [1.807, 2.05) is 6.08 Å². The van der Waals surface area contributed by atoms with Crippen molar-refractivity contribution in [3.8, 4) is 0 Å². The van der Waals surface area contributed by atoms with E-state index in [0.29, 0.717) is 5.38 Å². The monoisotopic (exact) mass is 193 g/mol. The second-order valence-electron chi connectivity index (χ2n) is 2.87. The molecule has 11 heavy (non-hydrogen) atoms. The molecule has 1 N–H and O–H groups in total. The van der Waals surface area contributed by atoms with Gasteiger partial charge in [0.05, 0.1) is 0 Å². The minimum absolute atomic E-state index is 0.318. The highest BCUT2D eigenvalue weighted by molar-refractivity contribution is 6.25. The van der Waals surface area contributed by atoms with Crippen molar-refractivity contribution in [2.45, 2.75) is 18.2 Å². The van der Waals surface area contributed by atoms with Crippen LogP contribution < -0.4 is 5.32 Å². The summed E-state index contributed by atoms with van der Waals surface area (Å²) in [6.07, 6.45) is 4.49. The van der Waals surface area contributed by atoms with Crippen LogP contribution in [0.25, 0.3) is 0 Å². The van der Waals surface area contributed by atoms with Crippen LogP contribution >= 0.6 is 23.2 Å². The van der Waals surface area contributed by atoms with Gasteiger partial charge in [-0.15, -0.1) is 11.6 Å². The molecule has 1 fully saturated rings. The van der Waals surface area contributed by atoms with E-state index in [-0.39, 0.29) is 0 Å². The van der Waals surface area contributed by atoms with E-state index in [2.05, 4.69) is 5.32 Å². The van der Waals surface area contributed by atoms with Crippen LogP contribution in [0.4, 0.5) is 0 Å². The van der Waals surface area contributed by atoms with Crippen LogP contribution in [0.2, 0.25) is 0 Å². The fourth-order valence-electron chi connectivity index (χ4n) is 0.974. The number of hydrogen-bond acceptors (Lipinski definition) is 1. The van der Waals surface area contributed by atoms with Crippen molar-refractivity contribution < 1.29 is 0 Å². The molecule has 0 heterocycles. The van der Waals surface area contributed by atoms with Crippen LogP contribution in [-0.4, -0.2) is 18.5 Å². The van der Waals surface area contributed by atoms with Crippen molar-refractivity contribution in [2.24, 2.45) is 5.92 Å². The standard InChI is InChI=1S/C8H13Cl2N/c9-4-1-5-11-6-8(10)7-2-3-7/h1,4,7-8,11H,2-3,5-6H2/b4-1+. The van der Waals surface area contributed by atoms with Gasteiger partial charge in [0.1, 0.15) is 0 Å². The molecule has 1 unspecified atom stereocenters. The lowest BCUT2D eigenvalue weighted by atomic mass is 10.3. The summed E-state index contributed by atoms with van der Waals surface area (Å²) in [5.74, 6) is 0.768. The zero-order chi connectivity index (χ0) is 8.10. The summed E-state index contributed by atoms with van der Waals surface area (Å²) in [6, 6.07) is 0. The van der Waals surface area contributed by atoms with Gasteiger partial charge in [0.15, 0.2) is 0 Å². The number of alkyl halides is 1. The average Bonchev–Trinajstić information content (AvgIpc) is 2.79. The highest BCUT2D eigenvalue weighted by Crippen LogP contribution is 2.35. The number of rotatable bonds is 5. The Balaban J connectivity index is 1.93. The Kier molecular flexibility index (Phi) is 4.28. The summed E-state index contributed by atoms with van der Waals surface area (Å²) in [6.45, 7) is 1.72. The highest BCUT2D eigenvalue weighted by Gasteiger charge is 2.28. The maximum absolute atomic E-state index is 6.04. The van der Waals surface area contributed by atoms with E-state index < -0.39 is 0 Å². The molecule has 0 spiro atoms. The lowest BCUT2D eigenvalue weighted by Gasteiger charge is -2.06. The predicted molar refractivity (Wildman–Crippen MR) is 50.2 cm³/mol. The molecule has 0 saturated heterocycles. The fraction of sp³-hybridized carbons (Fsp3) is 0.750. The molecular formula is C8H13Cl2N. The van der Waals surface area contributed by atoms with Crippen molar-refractivity contribution >= 4 is 23.2 Å². The van der Waals surface area contributed by atoms with Crippen LogP contribution in [0, 0.1) is 5.92 Å². The quantitative estimate of drug-likeness (QED) is 0.523. The maximum atomic E-state index is 6.04. The van der Waals surface area contributed by atoms with E-state index in [4.69, 9.17) is 23.2 Å². The topological polar surface area (TPSA) is 12.0 Å². The predicted octanol–water partition coefficient (Wildman–Crippen LogP) is 2.35. The Labute approximate surface area is 77.8 Å². The van der Waals surface area contributed by atoms with Gasteiger partial charge in [-0.1, -0.05) is 17.7 Å². The molecular weight excluding hydrogens is 181 g/mol. The lowest BCUT2D eigenvalue weighted by Crippen LogP contribution is -2.24. The maximum Gasteiger partial charge on any atom is 0.0488 e. The van der Waals surface area contributed by atoms with Crippen molar-refractivity contribution in [2.75, 3.05) is 13.1 Å². The van der Waals surface area contributed by atoms with E-state index in [0.717, 1.165) is 19.0 Å². The van der Waals surface area contributed by atoms with Gasteiger partial charge in [-0.2, -0.15) is 0 Å². The molecule has 0 amide bonds. The Hall–Kier alpha value is 0.280. The fourth-order valence-corrected chi connectivity index (χ4v) is 1.42. The van der Waals surface area contributed by atoms with Crippen molar-refractivity contribution in [3.63, 3.8) is 0 Å². The summed E-state index contributed by atoms with van der Waals surface area (Å²) in [4.78, 5) is 0. The molecule has 0 aromatic heterocycles. The second-order valence-corrected chi connectivity index (χ2v) is 3.69. The van der Waals surface area contributed by atoms with Gasteiger partial charge in [0, 0.05) is 24.0 Å². The van der Waals surface area contributed by atoms with Crippen LogP contribution in [0.3, 0.4) is 0 Å². The van der Waals surface area contributed by atoms with Crippen LogP contribution in [0.15, 0.2) is 11.6 Å². The van der Waals surface area contributed by atoms with Gasteiger partial charge >= 0.3 is 0 Å². The minimum atomic E-state index is 0.318. The van der Waals surface area contributed by atoms with Gasteiger partial charge in [-0.05, 0) is 18.8 Å². The summed E-state index contributed by atoms with van der Waals surface area (Å²) in [5.41, 5.74) is 1.52. The first kappa shape index (κ1) is 9.37. The molecule has 1 aliphatic carbocycles. The first-order valence-corrected chi connectivity index (χ1v) is 4.82.